The first-order chi connectivity index (χ1) is 7.18. The average Bonchev–Trinajstić information content (AvgIpc) is 2.23. The van der Waals surface area contributed by atoms with Gasteiger partial charge in [-0.2, -0.15) is 0 Å². The molecular weight excluding hydrogens is 184 g/mol. The SMILES string of the molecule is CC.CC(C)=CCNC1CCN(C)CC1. The van der Waals surface area contributed by atoms with Crippen LogP contribution in [0.2, 0.25) is 0 Å². The summed E-state index contributed by atoms with van der Waals surface area (Å²) in [5.41, 5.74) is 1.40. The molecule has 0 aromatic carbocycles. The zero-order valence-electron chi connectivity index (χ0n) is 11.1. The number of nitrogens with one attached hydrogen (secondary N) is 1. The van der Waals surface area contributed by atoms with Crippen molar-refractivity contribution in [3.8, 4) is 0 Å². The van der Waals surface area contributed by atoms with Crippen LogP contribution in [0.5, 0.6) is 0 Å². The highest BCUT2D eigenvalue weighted by atomic mass is 15.1. The molecule has 1 fully saturated rings. The second-order valence-corrected chi connectivity index (χ2v) is 4.27. The Morgan fingerprint density at radius 2 is 1.80 bits per heavy atom. The number of hydrogen-bond donors (Lipinski definition) is 1. The van der Waals surface area contributed by atoms with Crippen molar-refractivity contribution >= 4 is 0 Å². The molecule has 1 heterocycles. The summed E-state index contributed by atoms with van der Waals surface area (Å²) in [5, 5.41) is 3.57. The Morgan fingerprint density at radius 1 is 1.27 bits per heavy atom. The maximum atomic E-state index is 3.57. The lowest BCUT2D eigenvalue weighted by molar-refractivity contribution is 0.238. The topological polar surface area (TPSA) is 15.3 Å². The zero-order valence-corrected chi connectivity index (χ0v) is 11.1. The minimum absolute atomic E-state index is 0.742. The van der Waals surface area contributed by atoms with E-state index in [4.69, 9.17) is 0 Å². The lowest BCUT2D eigenvalue weighted by Crippen LogP contribution is -2.40. The summed E-state index contributed by atoms with van der Waals surface area (Å²) in [6.45, 7) is 11.8. The fourth-order valence-electron chi connectivity index (χ4n) is 1.64. The first-order valence-electron chi connectivity index (χ1n) is 6.24. The third kappa shape index (κ3) is 7.57. The van der Waals surface area contributed by atoms with Crippen LogP contribution in [0.4, 0.5) is 0 Å². The summed E-state index contributed by atoms with van der Waals surface area (Å²) in [7, 11) is 2.20. The van der Waals surface area contributed by atoms with Gasteiger partial charge in [0.25, 0.3) is 0 Å². The van der Waals surface area contributed by atoms with Gasteiger partial charge in [0, 0.05) is 12.6 Å². The first-order valence-corrected chi connectivity index (χ1v) is 6.24. The number of hydrogen-bond acceptors (Lipinski definition) is 2. The molecule has 0 radical (unpaired) electrons. The van der Waals surface area contributed by atoms with Crippen molar-refractivity contribution in [2.75, 3.05) is 26.7 Å². The minimum atomic E-state index is 0.742. The minimum Gasteiger partial charge on any atom is -0.310 e. The van der Waals surface area contributed by atoms with Crippen molar-refractivity contribution in [1.29, 1.82) is 0 Å². The number of piperidine rings is 1. The molecule has 2 nitrogen and oxygen atoms in total. The van der Waals surface area contributed by atoms with Gasteiger partial charge >= 0.3 is 0 Å². The molecule has 1 aliphatic heterocycles. The number of allylic oxidation sites excluding steroid dienone is 1. The predicted molar refractivity (Wildman–Crippen MR) is 69.3 cm³/mol. The van der Waals surface area contributed by atoms with Crippen LogP contribution in [0.3, 0.4) is 0 Å². The number of likely N-dealkylation sites (tertiary alicyclic amines) is 1. The fraction of sp³-hybridized carbons (Fsp3) is 0.846. The molecule has 0 aromatic heterocycles. The Balaban J connectivity index is 0.000000921. The van der Waals surface area contributed by atoms with E-state index in [1.807, 2.05) is 13.8 Å². The van der Waals surface area contributed by atoms with Gasteiger partial charge in [-0.05, 0) is 46.8 Å². The van der Waals surface area contributed by atoms with E-state index in [9.17, 15) is 0 Å². The lowest BCUT2D eigenvalue weighted by atomic mass is 10.1. The van der Waals surface area contributed by atoms with Crippen LogP contribution in [0.1, 0.15) is 40.5 Å². The molecule has 0 saturated carbocycles. The van der Waals surface area contributed by atoms with Crippen LogP contribution in [0.25, 0.3) is 0 Å². The van der Waals surface area contributed by atoms with E-state index in [1.54, 1.807) is 0 Å². The van der Waals surface area contributed by atoms with Crippen molar-refractivity contribution < 1.29 is 0 Å². The van der Waals surface area contributed by atoms with E-state index in [0.717, 1.165) is 12.6 Å². The molecule has 1 aliphatic rings. The van der Waals surface area contributed by atoms with E-state index in [2.05, 4.69) is 37.2 Å². The highest BCUT2D eigenvalue weighted by Gasteiger charge is 2.14. The molecule has 15 heavy (non-hydrogen) atoms. The second-order valence-electron chi connectivity index (χ2n) is 4.27. The highest BCUT2D eigenvalue weighted by molar-refractivity contribution is 4.95. The van der Waals surface area contributed by atoms with Gasteiger partial charge in [-0.1, -0.05) is 25.5 Å². The molecule has 0 aliphatic carbocycles. The monoisotopic (exact) mass is 212 g/mol. The van der Waals surface area contributed by atoms with Gasteiger partial charge in [0.1, 0.15) is 0 Å². The highest BCUT2D eigenvalue weighted by Crippen LogP contribution is 2.07. The van der Waals surface area contributed by atoms with Gasteiger partial charge in [0.2, 0.25) is 0 Å². The number of nitrogens with zero attached hydrogens (tertiary/aromatic N) is 1. The molecule has 0 unspecified atom stereocenters. The Morgan fingerprint density at radius 3 is 2.27 bits per heavy atom. The van der Waals surface area contributed by atoms with Crippen LogP contribution < -0.4 is 5.32 Å². The van der Waals surface area contributed by atoms with Crippen LogP contribution >= 0.6 is 0 Å². The van der Waals surface area contributed by atoms with E-state index in [-0.39, 0.29) is 0 Å². The summed E-state index contributed by atoms with van der Waals surface area (Å²) >= 11 is 0. The zero-order chi connectivity index (χ0) is 11.7. The molecule has 90 valence electrons. The maximum absolute atomic E-state index is 3.57. The average molecular weight is 212 g/mol. The quantitative estimate of drug-likeness (QED) is 0.724. The second kappa shape index (κ2) is 8.93. The third-order valence-corrected chi connectivity index (χ3v) is 2.64. The van der Waals surface area contributed by atoms with Crippen LogP contribution in [-0.4, -0.2) is 37.6 Å². The molecule has 0 atom stereocenters. The standard InChI is InChI=1S/C11H22N2.C2H6/c1-10(2)4-7-12-11-5-8-13(3)9-6-11;1-2/h4,11-12H,5-9H2,1-3H3;1-2H3. The molecule has 1 saturated heterocycles. The molecule has 0 amide bonds. The van der Waals surface area contributed by atoms with Crippen LogP contribution in [0, 0.1) is 0 Å². The molecule has 0 aromatic rings. The van der Waals surface area contributed by atoms with Gasteiger partial charge in [0.05, 0.1) is 0 Å². The molecule has 1 rings (SSSR count). The van der Waals surface area contributed by atoms with Crippen LogP contribution in [-0.2, 0) is 0 Å². The molecule has 1 N–H and O–H groups in total. The lowest BCUT2D eigenvalue weighted by Gasteiger charge is -2.29. The Labute approximate surface area is 95.7 Å². The Hall–Kier alpha value is -0.340. The predicted octanol–water partition coefficient (Wildman–Crippen LogP) is 2.66. The van der Waals surface area contributed by atoms with Gasteiger partial charge in [0.15, 0.2) is 0 Å². The summed E-state index contributed by atoms with van der Waals surface area (Å²) in [6, 6.07) is 0.742. The van der Waals surface area contributed by atoms with Gasteiger partial charge in [-0.15, -0.1) is 0 Å². The van der Waals surface area contributed by atoms with Crippen molar-refractivity contribution in [2.45, 2.75) is 46.6 Å². The maximum Gasteiger partial charge on any atom is 0.0139 e. The van der Waals surface area contributed by atoms with E-state index in [1.165, 1.54) is 31.5 Å². The Kier molecular flexibility index (Phi) is 8.73. The van der Waals surface area contributed by atoms with Crippen molar-refractivity contribution in [1.82, 2.24) is 10.2 Å². The van der Waals surface area contributed by atoms with Crippen molar-refractivity contribution in [3.63, 3.8) is 0 Å². The van der Waals surface area contributed by atoms with E-state index < -0.39 is 0 Å². The van der Waals surface area contributed by atoms with E-state index in [0.29, 0.717) is 0 Å². The fourth-order valence-corrected chi connectivity index (χ4v) is 1.64. The molecule has 2 heteroatoms. The van der Waals surface area contributed by atoms with Gasteiger partial charge in [-0.25, -0.2) is 0 Å². The summed E-state index contributed by atoms with van der Waals surface area (Å²) in [4.78, 5) is 2.40. The number of rotatable bonds is 3. The largest absolute Gasteiger partial charge is 0.310 e. The Bertz CT molecular complexity index is 163. The van der Waals surface area contributed by atoms with E-state index >= 15 is 0 Å². The van der Waals surface area contributed by atoms with Crippen LogP contribution in [0.15, 0.2) is 11.6 Å². The third-order valence-electron chi connectivity index (χ3n) is 2.64. The molecule has 0 spiro atoms. The van der Waals surface area contributed by atoms with Gasteiger partial charge < -0.3 is 10.2 Å². The van der Waals surface area contributed by atoms with Gasteiger partial charge in [-0.3, -0.25) is 0 Å². The molecule has 0 bridgehead atoms. The normalized spacial score (nSPS) is 17.9. The smallest absolute Gasteiger partial charge is 0.0139 e. The first kappa shape index (κ1) is 14.7. The van der Waals surface area contributed by atoms with Crippen molar-refractivity contribution in [2.24, 2.45) is 0 Å². The summed E-state index contributed by atoms with van der Waals surface area (Å²) in [5.74, 6) is 0. The van der Waals surface area contributed by atoms with Crippen molar-refractivity contribution in [3.05, 3.63) is 11.6 Å². The summed E-state index contributed by atoms with van der Waals surface area (Å²) in [6.07, 6.45) is 4.86. The molecular formula is C13H28N2. The summed E-state index contributed by atoms with van der Waals surface area (Å²) < 4.78 is 0.